The molecule has 3 rings (SSSR count). The molecule has 2 heterocycles. The number of aromatic nitrogens is 3. The van der Waals surface area contributed by atoms with E-state index in [2.05, 4.69) is 15.0 Å². The van der Waals surface area contributed by atoms with Gasteiger partial charge in [0.2, 0.25) is 5.88 Å². The van der Waals surface area contributed by atoms with Crippen LogP contribution in [-0.2, 0) is 6.42 Å². The first kappa shape index (κ1) is 13.6. The van der Waals surface area contributed by atoms with Gasteiger partial charge < -0.3 is 10.5 Å². The van der Waals surface area contributed by atoms with E-state index in [0.29, 0.717) is 34.4 Å². The molecule has 0 aliphatic heterocycles. The number of pyridine rings is 1. The molecule has 0 radical (unpaired) electrons. The third-order valence-electron chi connectivity index (χ3n) is 3.18. The summed E-state index contributed by atoms with van der Waals surface area (Å²) in [7, 11) is 0. The second-order valence-corrected chi connectivity index (χ2v) is 4.85. The Kier molecular flexibility index (Phi) is 3.58. The highest BCUT2D eigenvalue weighted by atomic mass is 35.5. The molecule has 3 aromatic rings. The molecule has 1 aromatic carbocycles. The van der Waals surface area contributed by atoms with E-state index in [4.69, 9.17) is 22.1 Å². The summed E-state index contributed by atoms with van der Waals surface area (Å²) < 4.78 is 5.90. The molecule has 2 N–H and O–H groups in total. The number of ether oxygens (including phenoxy) is 1. The highest BCUT2D eigenvalue weighted by Crippen LogP contribution is 2.33. The average Bonchev–Trinajstić information content (AvgIpc) is 2.51. The Morgan fingerprint density at radius 3 is 2.86 bits per heavy atom. The molecule has 21 heavy (non-hydrogen) atoms. The van der Waals surface area contributed by atoms with Crippen molar-refractivity contribution in [3.63, 3.8) is 0 Å². The molecular formula is C15H13ClN4O. The van der Waals surface area contributed by atoms with Crippen LogP contribution in [0.4, 0.5) is 5.82 Å². The Balaban J connectivity index is 2.11. The van der Waals surface area contributed by atoms with Gasteiger partial charge in [-0.25, -0.2) is 9.97 Å². The SMILES string of the molecule is CCc1c(N)ncnc1Oc1ccc(Cl)c2cccnc12. The van der Waals surface area contributed by atoms with Gasteiger partial charge in [0.1, 0.15) is 17.7 Å². The van der Waals surface area contributed by atoms with Gasteiger partial charge in [-0.3, -0.25) is 4.98 Å². The van der Waals surface area contributed by atoms with Crippen molar-refractivity contribution in [2.45, 2.75) is 13.3 Å². The maximum Gasteiger partial charge on any atom is 0.227 e. The number of hydrogen-bond acceptors (Lipinski definition) is 5. The largest absolute Gasteiger partial charge is 0.436 e. The van der Waals surface area contributed by atoms with Crippen molar-refractivity contribution in [3.8, 4) is 11.6 Å². The van der Waals surface area contributed by atoms with Crippen molar-refractivity contribution in [1.29, 1.82) is 0 Å². The van der Waals surface area contributed by atoms with Gasteiger partial charge in [0.15, 0.2) is 5.75 Å². The molecule has 5 nitrogen and oxygen atoms in total. The van der Waals surface area contributed by atoms with Crippen molar-refractivity contribution in [2.24, 2.45) is 0 Å². The molecular weight excluding hydrogens is 288 g/mol. The van der Waals surface area contributed by atoms with Gasteiger partial charge in [0.25, 0.3) is 0 Å². The Hall–Kier alpha value is -2.40. The van der Waals surface area contributed by atoms with Gasteiger partial charge in [-0.2, -0.15) is 0 Å². The highest BCUT2D eigenvalue weighted by Gasteiger charge is 2.13. The lowest BCUT2D eigenvalue weighted by atomic mass is 10.2. The molecule has 0 atom stereocenters. The van der Waals surface area contributed by atoms with E-state index in [-0.39, 0.29) is 0 Å². The summed E-state index contributed by atoms with van der Waals surface area (Å²) in [6.07, 6.45) is 3.76. The lowest BCUT2D eigenvalue weighted by Crippen LogP contribution is -2.02. The number of fused-ring (bicyclic) bond motifs is 1. The minimum Gasteiger partial charge on any atom is -0.436 e. The Labute approximate surface area is 126 Å². The first-order valence-corrected chi connectivity index (χ1v) is 6.89. The van der Waals surface area contributed by atoms with E-state index in [1.54, 1.807) is 18.3 Å². The first-order valence-electron chi connectivity index (χ1n) is 6.51. The Morgan fingerprint density at radius 1 is 1.19 bits per heavy atom. The number of rotatable bonds is 3. The van der Waals surface area contributed by atoms with Gasteiger partial charge in [-0.1, -0.05) is 18.5 Å². The van der Waals surface area contributed by atoms with Crippen molar-refractivity contribution in [3.05, 3.63) is 47.4 Å². The van der Waals surface area contributed by atoms with Crippen LogP contribution in [0.2, 0.25) is 5.02 Å². The van der Waals surface area contributed by atoms with E-state index in [9.17, 15) is 0 Å². The molecule has 0 aliphatic carbocycles. The van der Waals surface area contributed by atoms with Crippen LogP contribution in [0.3, 0.4) is 0 Å². The number of halogens is 1. The monoisotopic (exact) mass is 300 g/mol. The molecule has 0 fully saturated rings. The number of nitrogens with two attached hydrogens (primary N) is 1. The molecule has 2 aromatic heterocycles. The predicted molar refractivity (Wildman–Crippen MR) is 82.6 cm³/mol. The summed E-state index contributed by atoms with van der Waals surface area (Å²) >= 11 is 6.17. The fourth-order valence-corrected chi connectivity index (χ4v) is 2.34. The molecule has 0 saturated carbocycles. The zero-order valence-electron chi connectivity index (χ0n) is 11.4. The van der Waals surface area contributed by atoms with Crippen LogP contribution in [0, 0.1) is 0 Å². The summed E-state index contributed by atoms with van der Waals surface area (Å²) in [6, 6.07) is 7.28. The third-order valence-corrected chi connectivity index (χ3v) is 3.51. The van der Waals surface area contributed by atoms with Crippen LogP contribution in [0.1, 0.15) is 12.5 Å². The van der Waals surface area contributed by atoms with E-state index in [1.807, 2.05) is 19.1 Å². The maximum atomic E-state index is 6.17. The van der Waals surface area contributed by atoms with Gasteiger partial charge in [-0.15, -0.1) is 0 Å². The summed E-state index contributed by atoms with van der Waals surface area (Å²) in [6.45, 7) is 1.97. The van der Waals surface area contributed by atoms with Crippen molar-refractivity contribution in [1.82, 2.24) is 15.0 Å². The third kappa shape index (κ3) is 2.48. The van der Waals surface area contributed by atoms with Crippen molar-refractivity contribution >= 4 is 28.3 Å². The number of nitrogen functional groups attached to an aromatic ring is 1. The number of nitrogens with zero attached hydrogens (tertiary/aromatic N) is 3. The number of benzene rings is 1. The Morgan fingerprint density at radius 2 is 2.05 bits per heavy atom. The fourth-order valence-electron chi connectivity index (χ4n) is 2.13. The molecule has 0 amide bonds. The summed E-state index contributed by atoms with van der Waals surface area (Å²) in [4.78, 5) is 12.5. The highest BCUT2D eigenvalue weighted by molar-refractivity contribution is 6.35. The maximum absolute atomic E-state index is 6.17. The normalized spacial score (nSPS) is 10.8. The molecule has 0 spiro atoms. The van der Waals surface area contributed by atoms with E-state index >= 15 is 0 Å². The average molecular weight is 301 g/mol. The first-order chi connectivity index (χ1) is 10.2. The quantitative estimate of drug-likeness (QED) is 0.799. The zero-order valence-corrected chi connectivity index (χ0v) is 12.1. The van der Waals surface area contributed by atoms with Crippen molar-refractivity contribution < 1.29 is 4.74 Å². The summed E-state index contributed by atoms with van der Waals surface area (Å²) in [5.41, 5.74) is 7.31. The fraction of sp³-hybridized carbons (Fsp3) is 0.133. The summed E-state index contributed by atoms with van der Waals surface area (Å²) in [5.74, 6) is 1.45. The smallest absolute Gasteiger partial charge is 0.227 e. The molecule has 0 unspecified atom stereocenters. The number of hydrogen-bond donors (Lipinski definition) is 1. The molecule has 6 heteroatoms. The molecule has 0 aliphatic rings. The number of anilines is 1. The van der Waals surface area contributed by atoms with Crippen LogP contribution >= 0.6 is 11.6 Å². The zero-order chi connectivity index (χ0) is 14.8. The van der Waals surface area contributed by atoms with Crippen molar-refractivity contribution in [2.75, 3.05) is 5.73 Å². The van der Waals surface area contributed by atoms with E-state index in [1.165, 1.54) is 6.33 Å². The topological polar surface area (TPSA) is 73.9 Å². The molecule has 0 saturated heterocycles. The molecule has 0 bridgehead atoms. The predicted octanol–water partition coefficient (Wildman–Crippen LogP) is 3.62. The summed E-state index contributed by atoms with van der Waals surface area (Å²) in [5, 5.41) is 1.46. The lowest BCUT2D eigenvalue weighted by molar-refractivity contribution is 0.460. The van der Waals surface area contributed by atoms with E-state index < -0.39 is 0 Å². The van der Waals surface area contributed by atoms with Gasteiger partial charge in [0, 0.05) is 11.6 Å². The van der Waals surface area contributed by atoms with Gasteiger partial charge >= 0.3 is 0 Å². The minimum atomic E-state index is 0.425. The Bertz CT molecular complexity index is 807. The van der Waals surface area contributed by atoms with Crippen LogP contribution in [0.5, 0.6) is 11.6 Å². The van der Waals surface area contributed by atoms with Crippen LogP contribution in [-0.4, -0.2) is 15.0 Å². The lowest BCUT2D eigenvalue weighted by Gasteiger charge is -2.11. The van der Waals surface area contributed by atoms with Crippen LogP contribution in [0.15, 0.2) is 36.8 Å². The van der Waals surface area contributed by atoms with E-state index in [0.717, 1.165) is 10.9 Å². The minimum absolute atomic E-state index is 0.425. The van der Waals surface area contributed by atoms with Crippen LogP contribution < -0.4 is 10.5 Å². The second-order valence-electron chi connectivity index (χ2n) is 4.44. The van der Waals surface area contributed by atoms with Gasteiger partial charge in [0.05, 0.1) is 10.6 Å². The van der Waals surface area contributed by atoms with Crippen LogP contribution in [0.25, 0.3) is 10.9 Å². The second kappa shape index (κ2) is 5.54. The molecule has 106 valence electrons. The standard InChI is InChI=1S/C15H13ClN4O/c1-2-9-14(17)19-8-20-15(9)21-12-6-5-11(16)10-4-3-7-18-13(10)12/h3-8H,2H2,1H3,(H2,17,19,20). The van der Waals surface area contributed by atoms with Gasteiger partial charge in [-0.05, 0) is 30.7 Å².